The molecule has 1 amide bonds. The number of hydrogen-bond acceptors (Lipinski definition) is 7. The number of sulfonamides is 1. The molecule has 0 atom stereocenters. The van der Waals surface area contributed by atoms with E-state index in [-0.39, 0.29) is 40.2 Å². The molecule has 0 saturated heterocycles. The van der Waals surface area contributed by atoms with Gasteiger partial charge in [-0.3, -0.25) is 0 Å². The number of aryl methyl sites for hydroxylation is 2. The number of carbonyl (C=O) groups is 1. The first-order valence-electron chi connectivity index (χ1n) is 15.7. The maximum absolute atomic E-state index is 12.4. The Hall–Kier alpha value is -3.44. The molecule has 4 aromatic carbocycles. The van der Waals surface area contributed by atoms with Gasteiger partial charge in [-0.25, -0.2) is 8.42 Å². The van der Waals surface area contributed by atoms with Crippen LogP contribution in [0.25, 0.3) is 15.8 Å². The average Bonchev–Trinajstić information content (AvgIpc) is 3.65. The largest absolute Gasteiger partial charge is 1.00 e. The number of hydrogen-bond donors (Lipinski definition) is 0. The first-order valence-corrected chi connectivity index (χ1v) is 18.0. The zero-order valence-corrected chi connectivity index (χ0v) is 30.8. The summed E-state index contributed by atoms with van der Waals surface area (Å²) >= 11 is 1.04. The van der Waals surface area contributed by atoms with Crippen molar-refractivity contribution in [3.05, 3.63) is 142 Å². The second kappa shape index (κ2) is 19.5. The molecular formula is C38H38NNaO6S2. The molecule has 10 heteroatoms. The van der Waals surface area contributed by atoms with Crippen LogP contribution in [0.4, 0.5) is 0 Å². The number of rotatable bonds is 18. The molecule has 48 heavy (non-hydrogen) atoms. The van der Waals surface area contributed by atoms with Crippen LogP contribution in [0, 0.1) is 0 Å². The monoisotopic (exact) mass is 691 g/mol. The maximum Gasteiger partial charge on any atom is 1.00 e. The van der Waals surface area contributed by atoms with Crippen molar-refractivity contribution in [1.82, 2.24) is 0 Å². The van der Waals surface area contributed by atoms with Crippen LogP contribution in [-0.4, -0.2) is 34.1 Å². The van der Waals surface area contributed by atoms with E-state index in [2.05, 4.69) is 29.0 Å². The molecule has 0 fully saturated rings. The normalized spacial score (nSPS) is 11.0. The van der Waals surface area contributed by atoms with Crippen LogP contribution in [0.15, 0.2) is 125 Å². The van der Waals surface area contributed by atoms with Crippen molar-refractivity contribution in [1.29, 1.82) is 0 Å². The molecule has 0 radical (unpaired) electrons. The van der Waals surface area contributed by atoms with Gasteiger partial charge in [0.15, 0.2) is 0 Å². The summed E-state index contributed by atoms with van der Waals surface area (Å²) in [5.74, 6) is 0.913. The van der Waals surface area contributed by atoms with Crippen LogP contribution < -0.4 is 39.0 Å². The smallest absolute Gasteiger partial charge is 0.541 e. The fraction of sp³-hybridized carbons (Fsp3) is 0.237. The molecule has 0 unspecified atom stereocenters. The summed E-state index contributed by atoms with van der Waals surface area (Å²) in [6, 6.07) is 37.1. The van der Waals surface area contributed by atoms with Gasteiger partial charge < -0.3 is 23.7 Å². The average molecular weight is 692 g/mol. The van der Waals surface area contributed by atoms with Crippen LogP contribution in [-0.2, 0) is 39.0 Å². The Labute approximate surface area is 309 Å². The third-order valence-corrected chi connectivity index (χ3v) is 10.0. The molecular weight excluding hydrogens is 654 g/mol. The summed E-state index contributed by atoms with van der Waals surface area (Å²) in [5.41, 5.74) is 5.31. The fourth-order valence-corrected chi connectivity index (χ4v) is 6.92. The molecule has 0 aliphatic rings. The van der Waals surface area contributed by atoms with Crippen molar-refractivity contribution in [2.24, 2.45) is 0 Å². The van der Waals surface area contributed by atoms with Crippen molar-refractivity contribution >= 4 is 27.3 Å². The van der Waals surface area contributed by atoms with Gasteiger partial charge in [-0.15, -0.1) is 11.3 Å². The molecule has 0 spiro atoms. The predicted octanol–water partition coefficient (Wildman–Crippen LogP) is 5.64. The van der Waals surface area contributed by atoms with E-state index >= 15 is 0 Å². The van der Waals surface area contributed by atoms with E-state index in [0.29, 0.717) is 32.8 Å². The third kappa shape index (κ3) is 11.9. The Bertz CT molecular complexity index is 1800. The first-order chi connectivity index (χ1) is 23.0. The van der Waals surface area contributed by atoms with Gasteiger partial charge in [0.2, 0.25) is 0 Å². The van der Waals surface area contributed by atoms with E-state index in [9.17, 15) is 13.2 Å². The van der Waals surface area contributed by atoms with Crippen molar-refractivity contribution in [2.45, 2.75) is 42.9 Å². The van der Waals surface area contributed by atoms with Crippen LogP contribution >= 0.6 is 11.3 Å². The van der Waals surface area contributed by atoms with Crippen LogP contribution in [0.1, 0.15) is 36.0 Å². The SMILES string of the molecule is O=C(CCc1ccccc1-c1ccc(OCCCOc2cccc(COCCCc3ccccc3)c2)cc1)[N-]S(=O)(=O)c1cccs1.[Na+]. The number of nitrogens with zero attached hydrogens (tertiary/aromatic N) is 1. The van der Waals surface area contributed by atoms with Crippen LogP contribution in [0.5, 0.6) is 11.5 Å². The zero-order chi connectivity index (χ0) is 32.7. The summed E-state index contributed by atoms with van der Waals surface area (Å²) < 4.78 is 45.9. The molecule has 0 saturated carbocycles. The third-order valence-electron chi connectivity index (χ3n) is 7.35. The number of thiophene rings is 1. The number of ether oxygens (including phenoxy) is 3. The number of amides is 1. The van der Waals surface area contributed by atoms with Gasteiger partial charge in [0.05, 0.1) is 25.7 Å². The molecule has 0 N–H and O–H groups in total. The summed E-state index contributed by atoms with van der Waals surface area (Å²) in [7, 11) is -3.96. The molecule has 5 aromatic rings. The van der Waals surface area contributed by atoms with Gasteiger partial charge in [-0.05, 0) is 89.2 Å². The zero-order valence-electron chi connectivity index (χ0n) is 27.1. The Kier molecular flexibility index (Phi) is 15.2. The summed E-state index contributed by atoms with van der Waals surface area (Å²) in [4.78, 5) is 12.4. The Morgan fingerprint density at radius 2 is 1.42 bits per heavy atom. The van der Waals surface area contributed by atoms with Crippen molar-refractivity contribution in [3.63, 3.8) is 0 Å². The minimum absolute atomic E-state index is 0. The van der Waals surface area contributed by atoms with Gasteiger partial charge in [0.1, 0.15) is 25.7 Å². The van der Waals surface area contributed by atoms with Gasteiger partial charge in [0.25, 0.3) is 0 Å². The summed E-state index contributed by atoms with van der Waals surface area (Å²) in [6.07, 6.45) is 3.10. The molecule has 0 aliphatic carbocycles. The summed E-state index contributed by atoms with van der Waals surface area (Å²) in [5, 5.41) is 1.64. The van der Waals surface area contributed by atoms with Crippen LogP contribution in [0.2, 0.25) is 0 Å². The Morgan fingerprint density at radius 3 is 2.19 bits per heavy atom. The summed E-state index contributed by atoms with van der Waals surface area (Å²) in [6.45, 7) is 2.32. The Morgan fingerprint density at radius 1 is 0.688 bits per heavy atom. The molecule has 7 nitrogen and oxygen atoms in total. The van der Waals surface area contributed by atoms with Crippen molar-refractivity contribution in [2.75, 3.05) is 19.8 Å². The second-order valence-electron chi connectivity index (χ2n) is 10.9. The topological polar surface area (TPSA) is 93.0 Å². The number of benzene rings is 4. The Balaban J connectivity index is 0.00000520. The van der Waals surface area contributed by atoms with Gasteiger partial charge in [0, 0.05) is 13.0 Å². The second-order valence-corrected chi connectivity index (χ2v) is 13.7. The molecule has 244 valence electrons. The van der Waals surface area contributed by atoms with E-state index in [0.717, 1.165) is 64.4 Å². The number of carbonyl (C=O) groups excluding carboxylic acids is 1. The standard InChI is InChI=1S/C38H39NO6S2.Na/c40-37(39-47(41,42)38-17-8-27-46-38)23-20-32-14-4-5-16-36(32)33-18-21-34(22-19-33)44-25-9-26-45-35-15-6-12-31(28-35)29-43-24-7-13-30-10-2-1-3-11-30;/h1-6,8,10-12,14-19,21-22,27-28H,7,9,13,20,23-26,29H2,(H,39,40);/q;+1/p-1. The fourth-order valence-electron chi connectivity index (χ4n) is 5.00. The molecule has 1 aromatic heterocycles. The maximum atomic E-state index is 12.4. The van der Waals surface area contributed by atoms with Gasteiger partial charge >= 0.3 is 29.6 Å². The van der Waals surface area contributed by atoms with E-state index in [4.69, 9.17) is 14.2 Å². The quantitative estimate of drug-likeness (QED) is 0.0873. The first kappa shape index (κ1) is 37.4. The van der Waals surface area contributed by atoms with Gasteiger partial charge in [-0.1, -0.05) is 84.9 Å². The van der Waals surface area contributed by atoms with Crippen molar-refractivity contribution < 1.29 is 57.0 Å². The van der Waals surface area contributed by atoms with E-state index in [1.54, 1.807) is 11.4 Å². The van der Waals surface area contributed by atoms with Crippen molar-refractivity contribution in [3.8, 4) is 22.6 Å². The predicted molar refractivity (Wildman–Crippen MR) is 187 cm³/mol. The molecule has 5 rings (SSSR count). The minimum atomic E-state index is -3.96. The van der Waals surface area contributed by atoms with E-state index in [1.165, 1.54) is 11.6 Å². The molecule has 1 heterocycles. The molecule has 0 bridgehead atoms. The van der Waals surface area contributed by atoms with Crippen LogP contribution in [0.3, 0.4) is 0 Å². The van der Waals surface area contributed by atoms with E-state index in [1.807, 2.05) is 78.9 Å². The van der Waals surface area contributed by atoms with Gasteiger partial charge in [-0.2, -0.15) is 0 Å². The molecule has 0 aliphatic heterocycles. The van der Waals surface area contributed by atoms with E-state index < -0.39 is 15.9 Å². The minimum Gasteiger partial charge on any atom is -0.541 e.